The van der Waals surface area contributed by atoms with Gasteiger partial charge in [-0.25, -0.2) is 0 Å². The molecular weight excluding hydrogens is 378 g/mol. The Balaban J connectivity index is -0.0000000655. The minimum absolute atomic E-state index is 0. The van der Waals surface area contributed by atoms with Crippen LogP contribution in [0.1, 0.15) is 0 Å². The standard InChI is InChI=1S/3HNO4.Nd/c3*2-1(3)5-4;/h3*4H;/q;;;+3/p-3. The molecule has 1 radical (unpaired) electrons. The Morgan fingerprint density at radius 2 is 0.688 bits per heavy atom. The molecule has 0 unspecified atom stereocenters. The van der Waals surface area contributed by atoms with Gasteiger partial charge in [-0.1, -0.05) is 0 Å². The van der Waals surface area contributed by atoms with Gasteiger partial charge in [0.25, 0.3) is 15.3 Å². The van der Waals surface area contributed by atoms with Crippen LogP contribution in [0.25, 0.3) is 0 Å². The van der Waals surface area contributed by atoms with Gasteiger partial charge in [-0.2, -0.15) is 0 Å². The zero-order valence-corrected chi connectivity index (χ0v) is 9.95. The number of nitrogens with zero attached hydrogens (tertiary/aromatic N) is 3. The third kappa shape index (κ3) is 77.0. The molecule has 0 aromatic rings. The van der Waals surface area contributed by atoms with Gasteiger partial charge in [0.1, 0.15) is 0 Å². The van der Waals surface area contributed by atoms with Crippen LogP contribution in [0, 0.1) is 71.2 Å². The quantitative estimate of drug-likeness (QED) is 0.257. The van der Waals surface area contributed by atoms with Crippen molar-refractivity contribution in [2.45, 2.75) is 0 Å². The predicted octanol–water partition coefficient (Wildman–Crippen LogP) is -4.59. The van der Waals surface area contributed by atoms with Crippen molar-refractivity contribution in [1.29, 1.82) is 0 Å². The van der Waals surface area contributed by atoms with Crippen LogP contribution >= 0.6 is 0 Å². The molecule has 0 aromatic heterocycles. The molecule has 15 nitrogen and oxygen atoms in total. The van der Waals surface area contributed by atoms with Crippen molar-refractivity contribution in [3.05, 3.63) is 30.3 Å². The SMILES string of the molecule is O=[N+]([O-])O[O-].O=[N+]([O-])O[O-].O=[N+]([O-])O[O-].[Nd+3]. The summed E-state index contributed by atoms with van der Waals surface area (Å²) < 4.78 is 0. The van der Waals surface area contributed by atoms with Crippen LogP contribution in [-0.4, -0.2) is 15.3 Å². The molecule has 0 atom stereocenters. The molecule has 0 spiro atoms. The van der Waals surface area contributed by atoms with Crippen LogP contribution in [0.4, 0.5) is 0 Å². The maximum Gasteiger partial charge on any atom is 3.00 e. The first-order valence-corrected chi connectivity index (χ1v) is 2.14. The molecule has 0 amide bonds. The summed E-state index contributed by atoms with van der Waals surface area (Å²) in [7, 11) is 0. The maximum atomic E-state index is 8.64. The largest absolute Gasteiger partial charge is 3.00 e. The summed E-state index contributed by atoms with van der Waals surface area (Å²) in [5.74, 6) is 0. The third-order valence-corrected chi connectivity index (χ3v) is 0.183. The third-order valence-electron chi connectivity index (χ3n) is 0.183. The number of hydrogen-bond acceptors (Lipinski definition) is 12. The zero-order chi connectivity index (χ0) is 12.9. The van der Waals surface area contributed by atoms with E-state index >= 15 is 0 Å². The Morgan fingerprint density at radius 1 is 0.625 bits per heavy atom. The van der Waals surface area contributed by atoms with Crippen LogP contribution < -0.4 is 15.8 Å². The summed E-state index contributed by atoms with van der Waals surface area (Å²) in [4.78, 5) is 32.6. The molecule has 0 heterocycles. The molecule has 0 aliphatic heterocycles. The van der Waals surface area contributed by atoms with Gasteiger partial charge in [-0.15, -0.1) is 30.3 Å². The smallest absolute Gasteiger partial charge is 0.694 e. The molecule has 0 bridgehead atoms. The maximum absolute atomic E-state index is 8.64. The molecule has 0 fully saturated rings. The van der Waals surface area contributed by atoms with E-state index in [-0.39, 0.29) is 40.8 Å². The van der Waals surface area contributed by atoms with Gasteiger partial charge in [0.15, 0.2) is 0 Å². The Kier molecular flexibility index (Phi) is 29.3. The zero-order valence-electron chi connectivity index (χ0n) is 6.74. The minimum Gasteiger partial charge on any atom is -0.694 e. The van der Waals surface area contributed by atoms with E-state index in [0.29, 0.717) is 0 Å². The average Bonchev–Trinajstić information content (AvgIpc) is 2.19. The predicted molar refractivity (Wildman–Crippen MR) is 24.2 cm³/mol. The Hall–Kier alpha value is -1.17. The first-order valence-electron chi connectivity index (χ1n) is 2.14. The molecule has 16 heteroatoms. The molecule has 0 rings (SSSR count). The van der Waals surface area contributed by atoms with Crippen molar-refractivity contribution in [3.8, 4) is 0 Å². The first kappa shape index (κ1) is 24.2. The summed E-state index contributed by atoms with van der Waals surface area (Å²) in [5, 5.41) is 46.9. The second-order valence-electron chi connectivity index (χ2n) is 0.894. The van der Waals surface area contributed by atoms with Crippen LogP contribution in [0.2, 0.25) is 0 Å². The van der Waals surface area contributed by atoms with Crippen LogP contribution in [0.15, 0.2) is 0 Å². The molecule has 0 aliphatic carbocycles. The van der Waals surface area contributed by atoms with Crippen molar-refractivity contribution in [2.24, 2.45) is 0 Å². The van der Waals surface area contributed by atoms with Gasteiger partial charge in [0, 0.05) is 0 Å². The van der Waals surface area contributed by atoms with Gasteiger partial charge >= 0.3 is 40.8 Å². The number of hydrogen-bond donors (Lipinski definition) is 0. The summed E-state index contributed by atoms with van der Waals surface area (Å²) in [5.41, 5.74) is 0. The Bertz CT molecular complexity index is 155. The molecule has 0 aliphatic rings. The van der Waals surface area contributed by atoms with Crippen molar-refractivity contribution in [2.75, 3.05) is 0 Å². The van der Waals surface area contributed by atoms with Crippen LogP contribution in [-0.2, 0) is 15.0 Å². The van der Waals surface area contributed by atoms with E-state index in [1.165, 1.54) is 0 Å². The van der Waals surface area contributed by atoms with E-state index in [4.69, 9.17) is 46.1 Å². The normalized spacial score (nSPS) is 6.19. The molecule has 91 valence electrons. The monoisotopic (exact) mass is 376 g/mol. The molecule has 0 saturated carbocycles. The van der Waals surface area contributed by atoms with E-state index in [9.17, 15) is 0 Å². The molecular formula is N3NdO12. The first-order chi connectivity index (χ1) is 6.81. The summed E-state index contributed by atoms with van der Waals surface area (Å²) in [6.07, 6.45) is 0. The van der Waals surface area contributed by atoms with Crippen molar-refractivity contribution in [3.63, 3.8) is 0 Å². The topological polar surface area (TPSA) is 226 Å². The van der Waals surface area contributed by atoms with Crippen molar-refractivity contribution in [1.82, 2.24) is 0 Å². The van der Waals surface area contributed by atoms with Gasteiger partial charge in [-0.05, 0) is 0 Å². The van der Waals surface area contributed by atoms with E-state index in [2.05, 4.69) is 15.0 Å². The van der Waals surface area contributed by atoms with Gasteiger partial charge in [0.2, 0.25) is 0 Å². The summed E-state index contributed by atoms with van der Waals surface area (Å²) >= 11 is 0. The van der Waals surface area contributed by atoms with Gasteiger partial charge < -0.3 is 30.7 Å². The van der Waals surface area contributed by atoms with Crippen LogP contribution in [0.3, 0.4) is 0 Å². The fraction of sp³-hybridized carbons (Fsp3) is 0. The second kappa shape index (κ2) is 19.4. The second-order valence-corrected chi connectivity index (χ2v) is 0.894. The Morgan fingerprint density at radius 3 is 0.688 bits per heavy atom. The van der Waals surface area contributed by atoms with Crippen molar-refractivity contribution < 1.29 is 86.8 Å². The number of rotatable bonds is 3. The van der Waals surface area contributed by atoms with E-state index in [1.807, 2.05) is 0 Å². The van der Waals surface area contributed by atoms with Crippen LogP contribution in [0.5, 0.6) is 0 Å². The fourth-order valence-electron chi connectivity index (χ4n) is 0. The fourth-order valence-corrected chi connectivity index (χ4v) is 0. The van der Waals surface area contributed by atoms with E-state index in [1.54, 1.807) is 0 Å². The van der Waals surface area contributed by atoms with E-state index in [0.717, 1.165) is 0 Å². The van der Waals surface area contributed by atoms with Gasteiger partial charge in [-0.3, -0.25) is 0 Å². The minimum atomic E-state index is -1.43. The average molecular weight is 378 g/mol. The summed E-state index contributed by atoms with van der Waals surface area (Å²) in [6, 6.07) is 0. The molecule has 16 heavy (non-hydrogen) atoms. The Labute approximate surface area is 117 Å². The molecule has 0 aromatic carbocycles. The summed E-state index contributed by atoms with van der Waals surface area (Å²) in [6.45, 7) is 0. The van der Waals surface area contributed by atoms with Gasteiger partial charge in [0.05, 0.1) is 0 Å². The van der Waals surface area contributed by atoms with Crippen molar-refractivity contribution >= 4 is 0 Å². The molecule has 0 N–H and O–H groups in total. The molecule has 0 saturated heterocycles. The van der Waals surface area contributed by atoms with E-state index < -0.39 is 15.3 Å².